The molecule has 4 rings (SSSR count). The first kappa shape index (κ1) is 17.7. The molecule has 2 aromatic carbocycles. The van der Waals surface area contributed by atoms with Gasteiger partial charge in [0.25, 0.3) is 5.91 Å². The van der Waals surface area contributed by atoms with Gasteiger partial charge in [0.15, 0.2) is 0 Å². The molecule has 2 heterocycles. The van der Waals surface area contributed by atoms with Gasteiger partial charge in [-0.2, -0.15) is 0 Å². The van der Waals surface area contributed by atoms with Crippen LogP contribution in [0.25, 0.3) is 5.57 Å². The molecule has 0 radical (unpaired) electrons. The minimum Gasteiger partial charge on any atom is -0.379 e. The summed E-state index contributed by atoms with van der Waals surface area (Å²) in [5.41, 5.74) is 4.88. The van der Waals surface area contributed by atoms with Crippen molar-refractivity contribution in [3.63, 3.8) is 0 Å². The Morgan fingerprint density at radius 2 is 2.04 bits per heavy atom. The molecule has 1 aromatic heterocycles. The molecule has 6 heteroatoms. The number of fused-ring (bicyclic) bond motifs is 1. The Kier molecular flexibility index (Phi) is 4.76. The first-order valence-corrected chi connectivity index (χ1v) is 8.93. The lowest BCUT2D eigenvalue weighted by Crippen LogP contribution is -2.05. The van der Waals surface area contributed by atoms with Crippen LogP contribution in [0.2, 0.25) is 0 Å². The molecule has 3 aromatic rings. The van der Waals surface area contributed by atoms with Crippen LogP contribution in [0.5, 0.6) is 0 Å². The van der Waals surface area contributed by atoms with Crippen molar-refractivity contribution in [2.24, 2.45) is 0 Å². The van der Waals surface area contributed by atoms with E-state index in [0.29, 0.717) is 17.8 Å². The molecule has 0 aliphatic carbocycles. The second kappa shape index (κ2) is 7.52. The average Bonchev–Trinajstić information content (AvgIpc) is 3.03. The maximum atomic E-state index is 14.1. The molecule has 5 nitrogen and oxygen atoms in total. The zero-order valence-corrected chi connectivity index (χ0v) is 15.3. The fourth-order valence-corrected chi connectivity index (χ4v) is 3.14. The highest BCUT2D eigenvalue weighted by atomic mass is 19.1. The number of amides is 1. The van der Waals surface area contributed by atoms with Gasteiger partial charge in [0.05, 0.1) is 23.5 Å². The van der Waals surface area contributed by atoms with Crippen molar-refractivity contribution in [2.75, 3.05) is 16.0 Å². The van der Waals surface area contributed by atoms with Crippen LogP contribution in [0, 0.1) is 12.7 Å². The van der Waals surface area contributed by atoms with Crippen molar-refractivity contribution in [1.29, 1.82) is 0 Å². The minimum atomic E-state index is -0.422. The SMILES string of the molecule is Cc1cc(N/C=C2/C(=O)Nc3cccc(F)c32)ccc1NCc1ccccn1. The number of anilines is 3. The van der Waals surface area contributed by atoms with Gasteiger partial charge in [0, 0.05) is 29.3 Å². The molecular formula is C22H19FN4O. The van der Waals surface area contributed by atoms with Crippen molar-refractivity contribution in [2.45, 2.75) is 13.5 Å². The number of benzene rings is 2. The fourth-order valence-electron chi connectivity index (χ4n) is 3.14. The highest BCUT2D eigenvalue weighted by Crippen LogP contribution is 2.33. The predicted octanol–water partition coefficient (Wildman–Crippen LogP) is 4.55. The van der Waals surface area contributed by atoms with E-state index < -0.39 is 5.82 Å². The molecule has 0 atom stereocenters. The molecule has 0 saturated carbocycles. The van der Waals surface area contributed by atoms with E-state index in [1.54, 1.807) is 24.5 Å². The summed E-state index contributed by atoms with van der Waals surface area (Å²) in [6.07, 6.45) is 3.31. The van der Waals surface area contributed by atoms with E-state index >= 15 is 0 Å². The largest absolute Gasteiger partial charge is 0.379 e. The summed E-state index contributed by atoms with van der Waals surface area (Å²) < 4.78 is 14.1. The average molecular weight is 374 g/mol. The lowest BCUT2D eigenvalue weighted by Gasteiger charge is -2.11. The van der Waals surface area contributed by atoms with Crippen molar-refractivity contribution < 1.29 is 9.18 Å². The second-order valence-electron chi connectivity index (χ2n) is 6.52. The molecule has 1 aliphatic rings. The van der Waals surface area contributed by atoms with E-state index in [2.05, 4.69) is 20.9 Å². The number of carbonyl (C=O) groups excluding carboxylic acids is 1. The first-order valence-electron chi connectivity index (χ1n) is 8.93. The zero-order valence-electron chi connectivity index (χ0n) is 15.3. The quantitative estimate of drug-likeness (QED) is 0.574. The molecule has 0 saturated heterocycles. The molecule has 3 N–H and O–H groups in total. The monoisotopic (exact) mass is 374 g/mol. The number of carbonyl (C=O) groups is 1. The molecule has 28 heavy (non-hydrogen) atoms. The smallest absolute Gasteiger partial charge is 0.257 e. The van der Waals surface area contributed by atoms with Crippen molar-refractivity contribution in [3.8, 4) is 0 Å². The normalized spacial score (nSPS) is 13.9. The Morgan fingerprint density at radius 1 is 1.14 bits per heavy atom. The van der Waals surface area contributed by atoms with Crippen LogP contribution >= 0.6 is 0 Å². The van der Waals surface area contributed by atoms with E-state index in [-0.39, 0.29) is 11.5 Å². The summed E-state index contributed by atoms with van der Waals surface area (Å²) in [4.78, 5) is 16.4. The maximum Gasteiger partial charge on any atom is 0.257 e. The third-order valence-electron chi connectivity index (χ3n) is 4.57. The van der Waals surface area contributed by atoms with Crippen LogP contribution in [-0.4, -0.2) is 10.9 Å². The molecule has 0 fully saturated rings. The Hall–Kier alpha value is -3.67. The van der Waals surface area contributed by atoms with Gasteiger partial charge in [-0.05, 0) is 55.0 Å². The molecule has 1 aliphatic heterocycles. The van der Waals surface area contributed by atoms with Crippen LogP contribution in [-0.2, 0) is 11.3 Å². The van der Waals surface area contributed by atoms with Crippen molar-refractivity contribution >= 4 is 28.5 Å². The fraction of sp³-hybridized carbons (Fsp3) is 0.0909. The Labute approximate surface area is 162 Å². The van der Waals surface area contributed by atoms with Crippen LogP contribution in [0.15, 0.2) is 67.0 Å². The minimum absolute atomic E-state index is 0.281. The molecule has 1 amide bonds. The summed E-state index contributed by atoms with van der Waals surface area (Å²) >= 11 is 0. The summed E-state index contributed by atoms with van der Waals surface area (Å²) in [6.45, 7) is 2.63. The molecule has 0 bridgehead atoms. The third kappa shape index (κ3) is 3.57. The molecular weight excluding hydrogens is 355 g/mol. The number of halogens is 1. The summed E-state index contributed by atoms with van der Waals surface area (Å²) in [5.74, 6) is -0.743. The van der Waals surface area contributed by atoms with Gasteiger partial charge in [0.2, 0.25) is 0 Å². The standard InChI is InChI=1S/C22H19FN4O/c1-14-11-15(8-9-19(14)26-12-16-5-2-3-10-24-16)25-13-17-21-18(23)6-4-7-20(21)27-22(17)28/h2-11,13,25-26H,12H2,1H3,(H,27,28)/b17-13+. The Balaban J connectivity index is 1.49. The molecule has 0 unspecified atom stereocenters. The first-order chi connectivity index (χ1) is 13.6. The van der Waals surface area contributed by atoms with Gasteiger partial charge in [-0.1, -0.05) is 12.1 Å². The summed E-state index contributed by atoms with van der Waals surface area (Å²) in [7, 11) is 0. The highest BCUT2D eigenvalue weighted by Gasteiger charge is 2.27. The topological polar surface area (TPSA) is 66.1 Å². The number of nitrogens with one attached hydrogen (secondary N) is 3. The van der Waals surface area contributed by atoms with Gasteiger partial charge < -0.3 is 16.0 Å². The van der Waals surface area contributed by atoms with E-state index in [4.69, 9.17) is 0 Å². The lowest BCUT2D eigenvalue weighted by atomic mass is 10.1. The molecule has 140 valence electrons. The number of aryl methyl sites for hydroxylation is 1. The highest BCUT2D eigenvalue weighted by molar-refractivity contribution is 6.31. The number of hydrogen-bond acceptors (Lipinski definition) is 4. The van der Waals surface area contributed by atoms with Gasteiger partial charge in [-0.3, -0.25) is 9.78 Å². The number of pyridine rings is 1. The van der Waals surface area contributed by atoms with Crippen molar-refractivity contribution in [3.05, 3.63) is 89.6 Å². The van der Waals surface area contributed by atoms with E-state index in [9.17, 15) is 9.18 Å². The second-order valence-corrected chi connectivity index (χ2v) is 6.52. The van der Waals surface area contributed by atoms with Gasteiger partial charge in [0.1, 0.15) is 5.82 Å². The van der Waals surface area contributed by atoms with Gasteiger partial charge in [-0.15, -0.1) is 0 Å². The van der Waals surface area contributed by atoms with Gasteiger partial charge >= 0.3 is 0 Å². The predicted molar refractivity (Wildman–Crippen MR) is 109 cm³/mol. The Morgan fingerprint density at radius 3 is 2.82 bits per heavy atom. The molecule has 0 spiro atoms. The number of hydrogen-bond donors (Lipinski definition) is 3. The Bertz CT molecular complexity index is 1060. The van der Waals surface area contributed by atoms with E-state index in [1.807, 2.05) is 43.3 Å². The van der Waals surface area contributed by atoms with E-state index in [0.717, 1.165) is 22.6 Å². The summed E-state index contributed by atoms with van der Waals surface area (Å²) in [6, 6.07) is 16.2. The van der Waals surface area contributed by atoms with Crippen LogP contribution in [0.4, 0.5) is 21.5 Å². The third-order valence-corrected chi connectivity index (χ3v) is 4.57. The lowest BCUT2D eigenvalue weighted by molar-refractivity contribution is -0.110. The van der Waals surface area contributed by atoms with Crippen LogP contribution in [0.1, 0.15) is 16.8 Å². The van der Waals surface area contributed by atoms with Crippen molar-refractivity contribution in [1.82, 2.24) is 4.98 Å². The maximum absolute atomic E-state index is 14.1. The van der Waals surface area contributed by atoms with Gasteiger partial charge in [-0.25, -0.2) is 4.39 Å². The number of aromatic nitrogens is 1. The van der Waals surface area contributed by atoms with Crippen LogP contribution < -0.4 is 16.0 Å². The van der Waals surface area contributed by atoms with Crippen LogP contribution in [0.3, 0.4) is 0 Å². The zero-order chi connectivity index (χ0) is 19.5. The van der Waals surface area contributed by atoms with E-state index in [1.165, 1.54) is 6.07 Å². The number of nitrogens with zero attached hydrogens (tertiary/aromatic N) is 1. The number of rotatable bonds is 5. The summed E-state index contributed by atoms with van der Waals surface area (Å²) in [5, 5.41) is 9.13.